The Balaban J connectivity index is 1.42. The maximum absolute atomic E-state index is 14.7. The van der Waals surface area contributed by atoms with Crippen LogP contribution < -0.4 is 4.74 Å². The van der Waals surface area contributed by atoms with Crippen LogP contribution >= 0.6 is 23.2 Å². The molecule has 2 saturated heterocycles. The van der Waals surface area contributed by atoms with Crippen LogP contribution in [0.5, 0.6) is 5.75 Å². The van der Waals surface area contributed by atoms with Gasteiger partial charge in [0.25, 0.3) is 5.91 Å². The SMILES string of the molecule is CCOc1cc(C(F)(F)F)ccc1C1=NC(c2ccc(Cl)cc2)C(c2ccc(Cl)cc2)N1C(=O)N1CCN(C(=O)C2CCCO2)CC1. The molecule has 3 amide bonds. The van der Waals surface area contributed by atoms with Crippen molar-refractivity contribution >= 4 is 41.0 Å². The highest BCUT2D eigenvalue weighted by Crippen LogP contribution is 2.46. The van der Waals surface area contributed by atoms with Gasteiger partial charge in [0, 0.05) is 42.8 Å². The number of carbonyl (C=O) groups excluding carboxylic acids is 2. The van der Waals surface area contributed by atoms with Crippen LogP contribution in [0.15, 0.2) is 71.7 Å². The molecule has 3 heterocycles. The number of amides is 3. The van der Waals surface area contributed by atoms with Crippen molar-refractivity contribution in [3.63, 3.8) is 0 Å². The summed E-state index contributed by atoms with van der Waals surface area (Å²) < 4.78 is 52.6. The first kappa shape index (κ1) is 33.1. The summed E-state index contributed by atoms with van der Waals surface area (Å²) in [7, 11) is 0. The number of piperazine rings is 1. The zero-order valence-corrected chi connectivity index (χ0v) is 27.1. The van der Waals surface area contributed by atoms with Gasteiger partial charge in [-0.2, -0.15) is 13.2 Å². The Morgan fingerprint density at radius 2 is 1.53 bits per heavy atom. The highest BCUT2D eigenvalue weighted by atomic mass is 35.5. The second-order valence-corrected chi connectivity index (χ2v) is 12.4. The van der Waals surface area contributed by atoms with Crippen LogP contribution in [-0.2, 0) is 15.7 Å². The molecule has 47 heavy (non-hydrogen) atoms. The molecule has 0 N–H and O–H groups in total. The van der Waals surface area contributed by atoms with Crippen LogP contribution in [0, 0.1) is 0 Å². The molecule has 8 nitrogen and oxygen atoms in total. The third-order valence-electron chi connectivity index (χ3n) is 8.61. The first-order valence-electron chi connectivity index (χ1n) is 15.5. The van der Waals surface area contributed by atoms with Crippen LogP contribution in [0.25, 0.3) is 0 Å². The molecule has 3 aromatic rings. The van der Waals surface area contributed by atoms with Crippen molar-refractivity contribution in [2.24, 2.45) is 4.99 Å². The molecule has 0 bridgehead atoms. The van der Waals surface area contributed by atoms with Gasteiger partial charge in [-0.25, -0.2) is 4.79 Å². The molecule has 3 unspecified atom stereocenters. The Kier molecular flexibility index (Phi) is 9.68. The fourth-order valence-electron chi connectivity index (χ4n) is 6.26. The van der Waals surface area contributed by atoms with Crippen molar-refractivity contribution < 1.29 is 32.2 Å². The molecule has 3 aliphatic rings. The second-order valence-electron chi connectivity index (χ2n) is 11.6. The van der Waals surface area contributed by atoms with Gasteiger partial charge in [-0.3, -0.25) is 14.7 Å². The largest absolute Gasteiger partial charge is 0.493 e. The number of ether oxygens (including phenoxy) is 2. The van der Waals surface area contributed by atoms with E-state index in [4.69, 9.17) is 37.7 Å². The highest BCUT2D eigenvalue weighted by Gasteiger charge is 2.45. The summed E-state index contributed by atoms with van der Waals surface area (Å²) in [4.78, 5) is 37.6. The highest BCUT2D eigenvalue weighted by molar-refractivity contribution is 6.30. The van der Waals surface area contributed by atoms with Crippen molar-refractivity contribution in [3.05, 3.63) is 99.0 Å². The van der Waals surface area contributed by atoms with E-state index in [1.54, 1.807) is 41.0 Å². The molecule has 0 saturated carbocycles. The van der Waals surface area contributed by atoms with E-state index in [2.05, 4.69) is 0 Å². The molecule has 0 radical (unpaired) electrons. The standard InChI is InChI=1S/C34H33Cl2F3N4O4/c1-2-46-28-20-23(34(37,38)39)9-14-26(28)31-40-29(21-5-10-24(35)11-6-21)30(22-7-12-25(36)13-8-22)43(31)33(45)42-17-15-41(16-18-42)32(44)27-4-3-19-47-27/h5-14,20,27,29-30H,2-4,15-19H2,1H3. The number of halogens is 5. The van der Waals surface area contributed by atoms with E-state index in [1.165, 1.54) is 11.0 Å². The summed E-state index contributed by atoms with van der Waals surface area (Å²) in [6.07, 6.45) is -3.55. The van der Waals surface area contributed by atoms with Crippen molar-refractivity contribution in [2.75, 3.05) is 39.4 Å². The molecule has 248 valence electrons. The zero-order chi connectivity index (χ0) is 33.3. The van der Waals surface area contributed by atoms with Gasteiger partial charge in [0.1, 0.15) is 23.7 Å². The van der Waals surface area contributed by atoms with Gasteiger partial charge in [-0.1, -0.05) is 47.5 Å². The fourth-order valence-corrected chi connectivity index (χ4v) is 6.51. The third kappa shape index (κ3) is 6.93. The zero-order valence-electron chi connectivity index (χ0n) is 25.6. The molecule has 2 fully saturated rings. The lowest BCUT2D eigenvalue weighted by molar-refractivity contribution is -0.142. The summed E-state index contributed by atoms with van der Waals surface area (Å²) in [6, 6.07) is 15.6. The average molecular weight is 690 g/mol. The topological polar surface area (TPSA) is 74.7 Å². The minimum Gasteiger partial charge on any atom is -0.493 e. The van der Waals surface area contributed by atoms with E-state index in [1.807, 2.05) is 24.3 Å². The van der Waals surface area contributed by atoms with Crippen LogP contribution in [0.3, 0.4) is 0 Å². The van der Waals surface area contributed by atoms with Crippen LogP contribution in [0.4, 0.5) is 18.0 Å². The Morgan fingerprint density at radius 3 is 2.11 bits per heavy atom. The lowest BCUT2D eigenvalue weighted by Gasteiger charge is -2.39. The number of hydrogen-bond donors (Lipinski definition) is 0. The maximum atomic E-state index is 14.7. The first-order chi connectivity index (χ1) is 22.5. The normalized spacial score (nSPS) is 21.6. The van der Waals surface area contributed by atoms with Crippen molar-refractivity contribution in [3.8, 4) is 5.75 Å². The molecule has 0 aromatic heterocycles. The molecule has 3 aliphatic heterocycles. The van der Waals surface area contributed by atoms with Crippen molar-refractivity contribution in [2.45, 2.75) is 44.1 Å². The van der Waals surface area contributed by atoms with Crippen molar-refractivity contribution in [1.82, 2.24) is 14.7 Å². The van der Waals surface area contributed by atoms with Crippen LogP contribution in [-0.4, -0.2) is 78.0 Å². The average Bonchev–Trinajstić information content (AvgIpc) is 3.74. The van der Waals surface area contributed by atoms with Gasteiger partial charge < -0.3 is 19.3 Å². The van der Waals surface area contributed by atoms with E-state index in [0.717, 1.165) is 29.7 Å². The monoisotopic (exact) mass is 688 g/mol. The Morgan fingerprint density at radius 1 is 0.915 bits per heavy atom. The van der Waals surface area contributed by atoms with E-state index >= 15 is 0 Å². The smallest absolute Gasteiger partial charge is 0.416 e. The summed E-state index contributed by atoms with van der Waals surface area (Å²) in [5, 5.41) is 1.02. The first-order valence-corrected chi connectivity index (χ1v) is 16.2. The number of aliphatic imine (C=N–C) groups is 1. The summed E-state index contributed by atoms with van der Waals surface area (Å²) >= 11 is 12.5. The minimum atomic E-state index is -4.60. The quantitative estimate of drug-likeness (QED) is 0.271. The number of alkyl halides is 3. The maximum Gasteiger partial charge on any atom is 0.416 e. The number of hydrogen-bond acceptors (Lipinski definition) is 5. The van der Waals surface area contributed by atoms with Gasteiger partial charge in [0.05, 0.1) is 23.8 Å². The lowest BCUT2D eigenvalue weighted by atomic mass is 9.93. The molecule has 3 atom stereocenters. The van der Waals surface area contributed by atoms with Crippen LogP contribution in [0.2, 0.25) is 10.0 Å². The van der Waals surface area contributed by atoms with Crippen molar-refractivity contribution in [1.29, 1.82) is 0 Å². The molecule has 3 aromatic carbocycles. The number of rotatable bonds is 6. The summed E-state index contributed by atoms with van der Waals surface area (Å²) in [6.45, 7) is 3.48. The Labute approximate surface area is 280 Å². The second kappa shape index (κ2) is 13.7. The fraction of sp³-hybridized carbons (Fsp3) is 0.382. The van der Waals surface area contributed by atoms with E-state index in [9.17, 15) is 22.8 Å². The molecule has 6 rings (SSSR count). The third-order valence-corrected chi connectivity index (χ3v) is 9.12. The number of amidine groups is 1. The molecular formula is C34H33Cl2F3N4O4. The molecule has 0 aliphatic carbocycles. The summed E-state index contributed by atoms with van der Waals surface area (Å²) in [5.41, 5.74) is 0.838. The molecule has 0 spiro atoms. The van der Waals surface area contributed by atoms with E-state index in [-0.39, 0.29) is 42.8 Å². The van der Waals surface area contributed by atoms with Gasteiger partial charge in [-0.15, -0.1) is 0 Å². The predicted molar refractivity (Wildman–Crippen MR) is 172 cm³/mol. The summed E-state index contributed by atoms with van der Waals surface area (Å²) in [5.74, 6) is 0.0494. The van der Waals surface area contributed by atoms with E-state index in [0.29, 0.717) is 36.2 Å². The molecule has 13 heteroatoms. The number of nitrogens with zero attached hydrogens (tertiary/aromatic N) is 4. The van der Waals surface area contributed by atoms with Gasteiger partial charge in [0.2, 0.25) is 0 Å². The lowest BCUT2D eigenvalue weighted by Crippen LogP contribution is -2.56. The Hall–Kier alpha value is -3.80. The van der Waals surface area contributed by atoms with E-state index < -0.39 is 36.0 Å². The van der Waals surface area contributed by atoms with Gasteiger partial charge in [0.15, 0.2) is 0 Å². The predicted octanol–water partition coefficient (Wildman–Crippen LogP) is 7.40. The van der Waals surface area contributed by atoms with Crippen LogP contribution in [0.1, 0.15) is 54.1 Å². The van der Waals surface area contributed by atoms with Gasteiger partial charge in [-0.05, 0) is 73.4 Å². The minimum absolute atomic E-state index is 0.0440. The Bertz CT molecular complexity index is 1640. The number of benzene rings is 3. The number of carbonyl (C=O) groups is 2. The molecular weight excluding hydrogens is 656 g/mol. The number of urea groups is 1. The van der Waals surface area contributed by atoms with Gasteiger partial charge >= 0.3 is 12.2 Å².